The third-order valence-corrected chi connectivity index (χ3v) is 1.99. The van der Waals surface area contributed by atoms with Crippen LogP contribution in [-0.4, -0.2) is 10.8 Å². The summed E-state index contributed by atoms with van der Waals surface area (Å²) in [6, 6.07) is 4.00. The summed E-state index contributed by atoms with van der Waals surface area (Å²) in [6.07, 6.45) is 1.80. The van der Waals surface area contributed by atoms with Crippen LogP contribution in [0.2, 0.25) is 0 Å². The number of hydrogen-bond acceptors (Lipinski definition) is 2. The summed E-state index contributed by atoms with van der Waals surface area (Å²) in [5.41, 5.74) is 7.89. The molecule has 1 aromatic heterocycles. The normalized spacial score (nSPS) is 12.1. The Morgan fingerprint density at radius 3 is 2.86 bits per heavy atom. The minimum atomic E-state index is 0.305. The molecule has 0 unspecified atom stereocenters. The van der Waals surface area contributed by atoms with Gasteiger partial charge < -0.3 is 5.73 Å². The zero-order valence-electron chi connectivity index (χ0n) is 8.99. The van der Waals surface area contributed by atoms with Crippen molar-refractivity contribution in [3.05, 3.63) is 29.6 Å². The standard InChI is InChI=1S/C11H17N3/c1-8(2)11(12)14-7-10-6-9(3)4-5-13-10/h4-6,8H,7H2,1-3H3,(H2,12,14). The highest BCUT2D eigenvalue weighted by Gasteiger charge is 1.99. The second kappa shape index (κ2) is 4.74. The first-order valence-electron chi connectivity index (χ1n) is 4.81. The summed E-state index contributed by atoms with van der Waals surface area (Å²) in [5, 5.41) is 0. The molecule has 0 radical (unpaired) electrons. The molecular formula is C11H17N3. The van der Waals surface area contributed by atoms with E-state index in [1.165, 1.54) is 5.56 Å². The number of hydrogen-bond donors (Lipinski definition) is 1. The van der Waals surface area contributed by atoms with Gasteiger partial charge >= 0.3 is 0 Å². The number of aryl methyl sites for hydroxylation is 1. The lowest BCUT2D eigenvalue weighted by Gasteiger charge is -2.03. The van der Waals surface area contributed by atoms with Gasteiger partial charge in [-0.1, -0.05) is 13.8 Å². The molecular weight excluding hydrogens is 174 g/mol. The van der Waals surface area contributed by atoms with Crippen LogP contribution in [0.4, 0.5) is 0 Å². The second-order valence-electron chi connectivity index (χ2n) is 3.72. The van der Waals surface area contributed by atoms with Crippen LogP contribution in [-0.2, 0) is 6.54 Å². The van der Waals surface area contributed by atoms with Gasteiger partial charge in [0.2, 0.25) is 0 Å². The van der Waals surface area contributed by atoms with E-state index in [0.29, 0.717) is 18.3 Å². The molecule has 0 bridgehead atoms. The van der Waals surface area contributed by atoms with Gasteiger partial charge in [-0.15, -0.1) is 0 Å². The highest BCUT2D eigenvalue weighted by Crippen LogP contribution is 2.02. The van der Waals surface area contributed by atoms with E-state index in [0.717, 1.165) is 5.69 Å². The Hall–Kier alpha value is -1.38. The van der Waals surface area contributed by atoms with Gasteiger partial charge in [-0.25, -0.2) is 0 Å². The van der Waals surface area contributed by atoms with Crippen LogP contribution in [0.3, 0.4) is 0 Å². The molecule has 14 heavy (non-hydrogen) atoms. The number of aliphatic imine (C=N–C) groups is 1. The molecule has 0 spiro atoms. The average molecular weight is 191 g/mol. The molecule has 0 aliphatic carbocycles. The van der Waals surface area contributed by atoms with E-state index in [1.807, 2.05) is 32.9 Å². The first-order chi connectivity index (χ1) is 6.59. The molecule has 1 aromatic rings. The van der Waals surface area contributed by atoms with E-state index in [4.69, 9.17) is 5.73 Å². The largest absolute Gasteiger partial charge is 0.387 e. The fourth-order valence-corrected chi connectivity index (χ4v) is 1.04. The maximum absolute atomic E-state index is 5.72. The van der Waals surface area contributed by atoms with Crippen molar-refractivity contribution < 1.29 is 0 Å². The summed E-state index contributed by atoms with van der Waals surface area (Å²) in [4.78, 5) is 8.48. The Kier molecular flexibility index (Phi) is 3.63. The molecule has 0 saturated carbocycles. The van der Waals surface area contributed by atoms with Gasteiger partial charge in [0.1, 0.15) is 0 Å². The third kappa shape index (κ3) is 3.17. The van der Waals surface area contributed by atoms with Gasteiger partial charge in [0.15, 0.2) is 0 Å². The summed E-state index contributed by atoms with van der Waals surface area (Å²) in [6.45, 7) is 6.68. The summed E-state index contributed by atoms with van der Waals surface area (Å²) < 4.78 is 0. The molecule has 0 atom stereocenters. The number of aromatic nitrogens is 1. The van der Waals surface area contributed by atoms with Gasteiger partial charge in [-0.05, 0) is 24.6 Å². The molecule has 0 aromatic carbocycles. The number of nitrogens with zero attached hydrogens (tertiary/aromatic N) is 2. The van der Waals surface area contributed by atoms with Crippen LogP contribution in [0.25, 0.3) is 0 Å². The van der Waals surface area contributed by atoms with Crippen molar-refractivity contribution in [2.45, 2.75) is 27.3 Å². The van der Waals surface area contributed by atoms with Crippen molar-refractivity contribution in [2.24, 2.45) is 16.6 Å². The number of rotatable bonds is 3. The lowest BCUT2D eigenvalue weighted by Crippen LogP contribution is -2.18. The van der Waals surface area contributed by atoms with Crippen LogP contribution < -0.4 is 5.73 Å². The molecule has 2 N–H and O–H groups in total. The minimum Gasteiger partial charge on any atom is -0.387 e. The first-order valence-corrected chi connectivity index (χ1v) is 4.81. The van der Waals surface area contributed by atoms with Crippen molar-refractivity contribution in [3.8, 4) is 0 Å². The molecule has 0 aliphatic rings. The molecule has 0 amide bonds. The van der Waals surface area contributed by atoms with E-state index < -0.39 is 0 Å². The Morgan fingerprint density at radius 2 is 2.29 bits per heavy atom. The summed E-state index contributed by atoms with van der Waals surface area (Å²) >= 11 is 0. The Balaban J connectivity index is 2.66. The first kappa shape index (κ1) is 10.7. The SMILES string of the molecule is Cc1ccnc(CN=C(N)C(C)C)c1. The number of pyridine rings is 1. The van der Waals surface area contributed by atoms with Crippen LogP contribution in [0, 0.1) is 12.8 Å². The highest BCUT2D eigenvalue weighted by atomic mass is 14.9. The topological polar surface area (TPSA) is 51.3 Å². The van der Waals surface area contributed by atoms with Crippen LogP contribution >= 0.6 is 0 Å². The maximum Gasteiger partial charge on any atom is 0.0967 e. The van der Waals surface area contributed by atoms with Crippen molar-refractivity contribution in [3.63, 3.8) is 0 Å². The predicted octanol–water partition coefficient (Wildman–Crippen LogP) is 1.90. The van der Waals surface area contributed by atoms with Crippen LogP contribution in [0.1, 0.15) is 25.1 Å². The van der Waals surface area contributed by atoms with E-state index in [-0.39, 0.29) is 0 Å². The van der Waals surface area contributed by atoms with E-state index in [2.05, 4.69) is 9.98 Å². The zero-order chi connectivity index (χ0) is 10.6. The Labute approximate surface area is 85.1 Å². The average Bonchev–Trinajstić information content (AvgIpc) is 2.14. The van der Waals surface area contributed by atoms with Crippen LogP contribution in [0.5, 0.6) is 0 Å². The second-order valence-corrected chi connectivity index (χ2v) is 3.72. The molecule has 1 rings (SSSR count). The van der Waals surface area contributed by atoms with E-state index >= 15 is 0 Å². The van der Waals surface area contributed by atoms with Gasteiger partial charge in [0, 0.05) is 12.1 Å². The summed E-state index contributed by atoms with van der Waals surface area (Å²) in [7, 11) is 0. The minimum absolute atomic E-state index is 0.305. The number of amidine groups is 1. The van der Waals surface area contributed by atoms with Crippen molar-refractivity contribution in [2.75, 3.05) is 0 Å². The smallest absolute Gasteiger partial charge is 0.0967 e. The molecule has 3 nitrogen and oxygen atoms in total. The molecule has 3 heteroatoms. The predicted molar refractivity (Wildman–Crippen MR) is 59.1 cm³/mol. The third-order valence-electron chi connectivity index (χ3n) is 1.99. The quantitative estimate of drug-likeness (QED) is 0.586. The van der Waals surface area contributed by atoms with Gasteiger partial charge in [-0.3, -0.25) is 9.98 Å². The van der Waals surface area contributed by atoms with E-state index in [1.54, 1.807) is 6.20 Å². The molecule has 76 valence electrons. The summed E-state index contributed by atoms with van der Waals surface area (Å²) in [5.74, 6) is 0.994. The Morgan fingerprint density at radius 1 is 1.57 bits per heavy atom. The van der Waals surface area contributed by atoms with Gasteiger partial charge in [0.25, 0.3) is 0 Å². The number of nitrogens with two attached hydrogens (primary N) is 1. The Bertz CT molecular complexity index is 329. The fourth-order valence-electron chi connectivity index (χ4n) is 1.04. The maximum atomic E-state index is 5.72. The van der Waals surface area contributed by atoms with Crippen molar-refractivity contribution in [1.29, 1.82) is 0 Å². The highest BCUT2D eigenvalue weighted by molar-refractivity contribution is 5.82. The van der Waals surface area contributed by atoms with Crippen molar-refractivity contribution in [1.82, 2.24) is 4.98 Å². The van der Waals surface area contributed by atoms with Crippen molar-refractivity contribution >= 4 is 5.84 Å². The van der Waals surface area contributed by atoms with Gasteiger partial charge in [-0.2, -0.15) is 0 Å². The molecule has 0 saturated heterocycles. The fraction of sp³-hybridized carbons (Fsp3) is 0.455. The lowest BCUT2D eigenvalue weighted by molar-refractivity contribution is 0.849. The van der Waals surface area contributed by atoms with Gasteiger partial charge in [0.05, 0.1) is 18.1 Å². The monoisotopic (exact) mass is 191 g/mol. The molecule has 0 aliphatic heterocycles. The lowest BCUT2D eigenvalue weighted by atomic mass is 10.2. The zero-order valence-corrected chi connectivity index (χ0v) is 8.99. The molecule has 0 fully saturated rings. The van der Waals surface area contributed by atoms with Crippen LogP contribution in [0.15, 0.2) is 23.3 Å². The molecule has 1 heterocycles. The van der Waals surface area contributed by atoms with E-state index in [9.17, 15) is 0 Å².